The summed E-state index contributed by atoms with van der Waals surface area (Å²) < 4.78 is 5.92. The highest BCUT2D eigenvalue weighted by Gasteiger charge is 2.22. The van der Waals surface area contributed by atoms with Crippen LogP contribution in [0.4, 0.5) is 5.69 Å². The molecule has 0 saturated heterocycles. The van der Waals surface area contributed by atoms with Gasteiger partial charge in [0.1, 0.15) is 18.0 Å². The number of aliphatic hydroxyl groups is 1. The van der Waals surface area contributed by atoms with Crippen LogP contribution in [0, 0.1) is 5.41 Å². The molecule has 4 rings (SSSR count). The molecule has 2 aliphatic rings. The van der Waals surface area contributed by atoms with E-state index in [1.54, 1.807) is 42.5 Å². The van der Waals surface area contributed by atoms with Crippen LogP contribution in [-0.2, 0) is 0 Å². The third-order valence-corrected chi connectivity index (χ3v) is 4.73. The number of fused-ring (bicyclic) bond motifs is 2. The number of ketones is 1. The molecular formula is C22H16N2O5. The van der Waals surface area contributed by atoms with Gasteiger partial charge in [-0.25, -0.2) is 4.79 Å². The lowest BCUT2D eigenvalue weighted by Crippen LogP contribution is -2.08. The molecule has 7 nitrogen and oxygen atoms in total. The predicted octanol–water partition coefficient (Wildman–Crippen LogP) is 3.14. The number of carbonyl (C=O) groups is 2. The smallest absolute Gasteiger partial charge is 0.336 e. The van der Waals surface area contributed by atoms with Crippen molar-refractivity contribution in [2.45, 2.75) is 0 Å². The number of nitrogens with one attached hydrogen (secondary N) is 1. The van der Waals surface area contributed by atoms with Gasteiger partial charge in [-0.15, -0.1) is 0 Å². The summed E-state index contributed by atoms with van der Waals surface area (Å²) in [5, 5.41) is 27.7. The van der Waals surface area contributed by atoms with Crippen molar-refractivity contribution in [3.8, 4) is 22.5 Å². The Labute approximate surface area is 164 Å². The fraction of sp³-hybridized carbons (Fsp3) is 0.0455. The van der Waals surface area contributed by atoms with Crippen molar-refractivity contribution in [2.75, 3.05) is 12.3 Å². The van der Waals surface area contributed by atoms with E-state index in [2.05, 4.69) is 0 Å². The number of carboxylic acids is 1. The van der Waals surface area contributed by atoms with Gasteiger partial charge in [0, 0.05) is 39.9 Å². The van der Waals surface area contributed by atoms with Crippen molar-refractivity contribution < 1.29 is 24.2 Å². The summed E-state index contributed by atoms with van der Waals surface area (Å²) in [4.78, 5) is 23.8. The van der Waals surface area contributed by atoms with Gasteiger partial charge in [0.25, 0.3) is 0 Å². The molecule has 29 heavy (non-hydrogen) atoms. The summed E-state index contributed by atoms with van der Waals surface area (Å²) in [5.41, 5.74) is 8.46. The second kappa shape index (κ2) is 6.88. The molecule has 0 amide bonds. The predicted molar refractivity (Wildman–Crippen MR) is 107 cm³/mol. The van der Waals surface area contributed by atoms with E-state index < -0.39 is 18.4 Å². The minimum atomic E-state index is -1.21. The van der Waals surface area contributed by atoms with Crippen LogP contribution >= 0.6 is 0 Å². The number of nitrogens with two attached hydrogens (primary N) is 1. The molecule has 7 heteroatoms. The van der Waals surface area contributed by atoms with Crippen LogP contribution in [0.15, 0.2) is 59.0 Å². The molecule has 0 bridgehead atoms. The lowest BCUT2D eigenvalue weighted by molar-refractivity contribution is 0.0697. The van der Waals surface area contributed by atoms with Crippen molar-refractivity contribution in [1.29, 1.82) is 5.41 Å². The van der Waals surface area contributed by atoms with E-state index in [9.17, 15) is 14.7 Å². The van der Waals surface area contributed by atoms with E-state index in [0.717, 1.165) is 0 Å². The molecule has 1 aliphatic heterocycles. The molecule has 5 N–H and O–H groups in total. The zero-order valence-corrected chi connectivity index (χ0v) is 15.1. The Morgan fingerprint density at radius 2 is 1.76 bits per heavy atom. The summed E-state index contributed by atoms with van der Waals surface area (Å²) in [6.45, 7) is -0.708. The van der Waals surface area contributed by atoms with E-state index >= 15 is 0 Å². The Hall–Kier alpha value is -3.97. The number of nitrogen functional groups attached to an aromatic ring is 1. The van der Waals surface area contributed by atoms with E-state index in [-0.39, 0.29) is 16.5 Å². The molecule has 0 unspecified atom stereocenters. The standard InChI is InChI=1S/C22H16N2O5/c23-12-2-5-15-19(8-12)29-20-9-13(24)3-6-16(20)21(15)14-4-1-11(18(26)10-25)7-17(14)22(27)28/h1-9,23,25H,10,24H2,(H,27,28). The quantitative estimate of drug-likeness (QED) is 0.241. The first kappa shape index (κ1) is 18.4. The first-order valence-corrected chi connectivity index (χ1v) is 8.71. The zero-order chi connectivity index (χ0) is 20.7. The van der Waals surface area contributed by atoms with Crippen LogP contribution in [0.1, 0.15) is 20.7 Å². The van der Waals surface area contributed by atoms with Gasteiger partial charge in [0.05, 0.1) is 10.9 Å². The zero-order valence-electron chi connectivity index (χ0n) is 15.1. The number of aliphatic hydroxyl groups excluding tert-OH is 1. The van der Waals surface area contributed by atoms with Crippen LogP contribution in [0.5, 0.6) is 0 Å². The molecule has 0 fully saturated rings. The molecule has 144 valence electrons. The molecule has 0 atom stereocenters. The Morgan fingerprint density at radius 3 is 2.48 bits per heavy atom. The van der Waals surface area contributed by atoms with Gasteiger partial charge in [0.15, 0.2) is 5.78 Å². The number of hydrogen-bond acceptors (Lipinski definition) is 6. The Morgan fingerprint density at radius 1 is 1.00 bits per heavy atom. The molecular weight excluding hydrogens is 372 g/mol. The van der Waals surface area contributed by atoms with Gasteiger partial charge in [0.2, 0.25) is 0 Å². The van der Waals surface area contributed by atoms with Gasteiger partial charge in [-0.2, -0.15) is 0 Å². The third kappa shape index (κ3) is 3.13. The van der Waals surface area contributed by atoms with E-state index in [1.807, 2.05) is 0 Å². The Balaban J connectivity index is 2.14. The fourth-order valence-electron chi connectivity index (χ4n) is 3.40. The maximum Gasteiger partial charge on any atom is 0.336 e. The number of carboxylic acid groups (broad SMARTS) is 1. The van der Waals surface area contributed by atoms with Crippen LogP contribution in [0.25, 0.3) is 33.4 Å². The van der Waals surface area contributed by atoms with E-state index in [1.165, 1.54) is 12.1 Å². The molecule has 2 aromatic rings. The van der Waals surface area contributed by atoms with E-state index in [4.69, 9.17) is 20.7 Å². The SMILES string of the molecule is N=c1ccc2c(-c3ccc(C(=O)CO)cc3C(=O)O)c3ccc(N)cc3oc-2c1. The number of anilines is 1. The summed E-state index contributed by atoms with van der Waals surface area (Å²) in [5.74, 6) is -1.36. The molecule has 0 saturated carbocycles. The summed E-state index contributed by atoms with van der Waals surface area (Å²) in [6.07, 6.45) is 0. The minimum absolute atomic E-state index is 0.0788. The lowest BCUT2D eigenvalue weighted by atomic mass is 9.89. The fourth-order valence-corrected chi connectivity index (χ4v) is 3.40. The Bertz CT molecular complexity index is 1320. The van der Waals surface area contributed by atoms with Gasteiger partial charge in [-0.3, -0.25) is 4.79 Å². The van der Waals surface area contributed by atoms with E-state index in [0.29, 0.717) is 39.1 Å². The topological polar surface area (TPSA) is 138 Å². The van der Waals surface area contributed by atoms with Crippen molar-refractivity contribution in [1.82, 2.24) is 0 Å². The van der Waals surface area contributed by atoms with Gasteiger partial charge < -0.3 is 25.8 Å². The molecule has 1 heterocycles. The average Bonchev–Trinajstić information content (AvgIpc) is 2.70. The molecule has 2 aromatic carbocycles. The highest BCUT2D eigenvalue weighted by Crippen LogP contribution is 2.41. The van der Waals surface area contributed by atoms with Gasteiger partial charge >= 0.3 is 5.97 Å². The van der Waals surface area contributed by atoms with Crippen LogP contribution < -0.4 is 11.1 Å². The lowest BCUT2D eigenvalue weighted by Gasteiger charge is -2.17. The number of rotatable bonds is 4. The van der Waals surface area contributed by atoms with Gasteiger partial charge in [-0.05, 0) is 35.9 Å². The normalized spacial score (nSPS) is 11.1. The van der Waals surface area contributed by atoms with Crippen molar-refractivity contribution >= 4 is 28.4 Å². The average molecular weight is 388 g/mol. The summed E-state index contributed by atoms with van der Waals surface area (Å²) >= 11 is 0. The van der Waals surface area contributed by atoms with Crippen LogP contribution in [0.2, 0.25) is 0 Å². The molecule has 1 aliphatic carbocycles. The maximum absolute atomic E-state index is 12.0. The molecule has 0 spiro atoms. The number of Topliss-reactive ketones (excluding diaryl/α,β-unsaturated/α-hetero) is 1. The second-order valence-corrected chi connectivity index (χ2v) is 6.59. The molecule has 0 radical (unpaired) electrons. The number of hydrogen-bond donors (Lipinski definition) is 4. The third-order valence-electron chi connectivity index (χ3n) is 4.73. The maximum atomic E-state index is 12.0. The van der Waals surface area contributed by atoms with Crippen molar-refractivity contribution in [3.63, 3.8) is 0 Å². The number of carbonyl (C=O) groups excluding carboxylic acids is 1. The molecule has 0 aromatic heterocycles. The largest absolute Gasteiger partial charge is 0.478 e. The first-order valence-electron chi connectivity index (χ1n) is 8.71. The number of benzene rings is 3. The van der Waals surface area contributed by atoms with Gasteiger partial charge in [-0.1, -0.05) is 12.1 Å². The number of aromatic carboxylic acids is 1. The Kier molecular flexibility index (Phi) is 4.37. The first-order chi connectivity index (χ1) is 13.9. The van der Waals surface area contributed by atoms with Crippen molar-refractivity contribution in [3.05, 3.63) is 71.1 Å². The minimum Gasteiger partial charge on any atom is -0.478 e. The monoisotopic (exact) mass is 388 g/mol. The summed E-state index contributed by atoms with van der Waals surface area (Å²) in [6, 6.07) is 14.2. The van der Waals surface area contributed by atoms with Crippen LogP contribution in [-0.4, -0.2) is 28.6 Å². The second-order valence-electron chi connectivity index (χ2n) is 6.59. The highest BCUT2D eigenvalue weighted by molar-refractivity contribution is 6.09. The summed E-state index contributed by atoms with van der Waals surface area (Å²) in [7, 11) is 0. The van der Waals surface area contributed by atoms with Crippen LogP contribution in [0.3, 0.4) is 0 Å². The van der Waals surface area contributed by atoms with Crippen molar-refractivity contribution in [2.24, 2.45) is 0 Å². The highest BCUT2D eigenvalue weighted by atomic mass is 16.4.